The maximum Gasteiger partial charge on any atom is 0.338 e. The minimum Gasteiger partial charge on any atom is -0.490 e. The Bertz CT molecular complexity index is 956. The van der Waals surface area contributed by atoms with Crippen LogP contribution in [0.5, 0.6) is 11.5 Å². The van der Waals surface area contributed by atoms with E-state index in [-0.39, 0.29) is 12.6 Å². The first-order valence-corrected chi connectivity index (χ1v) is 10.5. The van der Waals surface area contributed by atoms with Crippen LogP contribution in [0.15, 0.2) is 59.8 Å². The third kappa shape index (κ3) is 5.36. The van der Waals surface area contributed by atoms with Gasteiger partial charge >= 0.3 is 12.0 Å². The standard InChI is InChI=1S/C24H28N2O5/c1-4-18-21(23(27)30-6-3)22(26-24(28)25-18)17-12-13-19(20(14-17)29-5-2)31-15-16-10-8-7-9-11-16/h7-14,22H,4-6,15H2,1-3H3,(H2,25,26,28). The highest BCUT2D eigenvalue weighted by molar-refractivity contribution is 5.95. The number of ether oxygens (including phenoxy) is 3. The summed E-state index contributed by atoms with van der Waals surface area (Å²) in [5.74, 6) is 0.677. The zero-order valence-corrected chi connectivity index (χ0v) is 18.1. The van der Waals surface area contributed by atoms with Crippen molar-refractivity contribution in [1.82, 2.24) is 10.6 Å². The Kier molecular flexibility index (Phi) is 7.54. The van der Waals surface area contributed by atoms with Crippen LogP contribution in [0.3, 0.4) is 0 Å². The number of nitrogens with one attached hydrogen (secondary N) is 2. The average molecular weight is 424 g/mol. The van der Waals surface area contributed by atoms with Gasteiger partial charge in [0, 0.05) is 5.70 Å². The Hall–Kier alpha value is -3.48. The third-order valence-electron chi connectivity index (χ3n) is 4.84. The van der Waals surface area contributed by atoms with E-state index in [1.807, 2.05) is 50.2 Å². The Morgan fingerprint density at radius 3 is 2.42 bits per heavy atom. The van der Waals surface area contributed by atoms with Gasteiger partial charge in [-0.25, -0.2) is 9.59 Å². The van der Waals surface area contributed by atoms with Gasteiger partial charge in [0.2, 0.25) is 0 Å². The van der Waals surface area contributed by atoms with E-state index in [4.69, 9.17) is 14.2 Å². The van der Waals surface area contributed by atoms with Crippen molar-refractivity contribution >= 4 is 12.0 Å². The molecule has 1 unspecified atom stereocenters. The Balaban J connectivity index is 1.93. The van der Waals surface area contributed by atoms with E-state index >= 15 is 0 Å². The smallest absolute Gasteiger partial charge is 0.338 e. The second-order valence-electron chi connectivity index (χ2n) is 6.91. The molecule has 7 nitrogen and oxygen atoms in total. The molecule has 164 valence electrons. The molecule has 2 aromatic rings. The Morgan fingerprint density at radius 2 is 1.74 bits per heavy atom. The average Bonchev–Trinajstić information content (AvgIpc) is 2.78. The molecule has 0 aromatic heterocycles. The van der Waals surface area contributed by atoms with Crippen molar-refractivity contribution in [2.24, 2.45) is 0 Å². The van der Waals surface area contributed by atoms with Crippen LogP contribution in [0.4, 0.5) is 4.79 Å². The van der Waals surface area contributed by atoms with E-state index in [1.54, 1.807) is 19.1 Å². The molecule has 7 heteroatoms. The van der Waals surface area contributed by atoms with Gasteiger partial charge in [-0.05, 0) is 43.5 Å². The second-order valence-corrected chi connectivity index (χ2v) is 6.91. The van der Waals surface area contributed by atoms with Crippen LogP contribution in [0.2, 0.25) is 0 Å². The largest absolute Gasteiger partial charge is 0.490 e. The fraction of sp³-hybridized carbons (Fsp3) is 0.333. The van der Waals surface area contributed by atoms with Gasteiger partial charge in [0.15, 0.2) is 11.5 Å². The molecule has 1 aliphatic rings. The van der Waals surface area contributed by atoms with Crippen LogP contribution < -0.4 is 20.1 Å². The predicted molar refractivity (Wildman–Crippen MR) is 117 cm³/mol. The lowest BCUT2D eigenvalue weighted by Gasteiger charge is -2.29. The van der Waals surface area contributed by atoms with Gasteiger partial charge in [0.25, 0.3) is 0 Å². The van der Waals surface area contributed by atoms with Crippen LogP contribution >= 0.6 is 0 Å². The van der Waals surface area contributed by atoms with Crippen molar-refractivity contribution < 1.29 is 23.8 Å². The molecular formula is C24H28N2O5. The summed E-state index contributed by atoms with van der Waals surface area (Å²) in [6, 6.07) is 14.3. The molecule has 2 N–H and O–H groups in total. The van der Waals surface area contributed by atoms with E-state index in [1.165, 1.54) is 0 Å². The summed E-state index contributed by atoms with van der Waals surface area (Å²) in [5, 5.41) is 5.55. The van der Waals surface area contributed by atoms with Gasteiger partial charge in [-0.2, -0.15) is 0 Å². The highest BCUT2D eigenvalue weighted by atomic mass is 16.5. The number of esters is 1. The maximum atomic E-state index is 12.7. The lowest BCUT2D eigenvalue weighted by molar-refractivity contribution is -0.139. The van der Waals surface area contributed by atoms with Gasteiger partial charge in [-0.1, -0.05) is 43.3 Å². The summed E-state index contributed by atoms with van der Waals surface area (Å²) >= 11 is 0. The molecule has 1 heterocycles. The quantitative estimate of drug-likeness (QED) is 0.588. The monoisotopic (exact) mass is 424 g/mol. The van der Waals surface area contributed by atoms with E-state index in [9.17, 15) is 9.59 Å². The summed E-state index contributed by atoms with van der Waals surface area (Å²) in [4.78, 5) is 24.9. The lowest BCUT2D eigenvalue weighted by Crippen LogP contribution is -2.45. The third-order valence-corrected chi connectivity index (χ3v) is 4.84. The predicted octanol–water partition coefficient (Wildman–Crippen LogP) is 4.25. The van der Waals surface area contributed by atoms with Crippen LogP contribution in [-0.4, -0.2) is 25.2 Å². The number of carbonyl (C=O) groups excluding carboxylic acids is 2. The van der Waals surface area contributed by atoms with Crippen LogP contribution in [-0.2, 0) is 16.1 Å². The van der Waals surface area contributed by atoms with Crippen molar-refractivity contribution in [2.75, 3.05) is 13.2 Å². The molecule has 0 fully saturated rings. The molecule has 2 aromatic carbocycles. The molecule has 31 heavy (non-hydrogen) atoms. The summed E-state index contributed by atoms with van der Waals surface area (Å²) in [6.07, 6.45) is 0.495. The van der Waals surface area contributed by atoms with Crippen molar-refractivity contribution in [2.45, 2.75) is 39.8 Å². The lowest BCUT2D eigenvalue weighted by atomic mass is 9.94. The fourth-order valence-electron chi connectivity index (χ4n) is 3.42. The molecule has 0 radical (unpaired) electrons. The first kappa shape index (κ1) is 22.2. The number of hydrogen-bond acceptors (Lipinski definition) is 5. The van der Waals surface area contributed by atoms with E-state index in [2.05, 4.69) is 10.6 Å². The first-order valence-electron chi connectivity index (χ1n) is 10.5. The summed E-state index contributed by atoms with van der Waals surface area (Å²) in [7, 11) is 0. The van der Waals surface area contributed by atoms with Crippen LogP contribution in [0, 0.1) is 0 Å². The van der Waals surface area contributed by atoms with Crippen molar-refractivity contribution in [3.63, 3.8) is 0 Å². The molecular weight excluding hydrogens is 396 g/mol. The first-order chi connectivity index (χ1) is 15.1. The molecule has 0 saturated carbocycles. The molecule has 0 bridgehead atoms. The highest BCUT2D eigenvalue weighted by Crippen LogP contribution is 2.35. The van der Waals surface area contributed by atoms with E-state index in [0.29, 0.717) is 48.0 Å². The van der Waals surface area contributed by atoms with Gasteiger partial charge in [0.1, 0.15) is 6.61 Å². The van der Waals surface area contributed by atoms with E-state index in [0.717, 1.165) is 5.56 Å². The van der Waals surface area contributed by atoms with Crippen LogP contribution in [0.25, 0.3) is 0 Å². The number of allylic oxidation sites excluding steroid dienone is 1. The summed E-state index contributed by atoms with van der Waals surface area (Å²) in [5.41, 5.74) is 2.69. The molecule has 3 rings (SSSR count). The SMILES string of the molecule is CCOC(=O)C1=C(CC)NC(=O)NC1c1ccc(OCc2ccccc2)c(OCC)c1. The number of amides is 2. The molecule has 2 amide bonds. The normalized spacial score (nSPS) is 15.7. The molecule has 1 atom stereocenters. The molecule has 0 saturated heterocycles. The van der Waals surface area contributed by atoms with Gasteiger partial charge in [-0.15, -0.1) is 0 Å². The minimum atomic E-state index is -0.648. The number of carbonyl (C=O) groups is 2. The van der Waals surface area contributed by atoms with Crippen molar-refractivity contribution in [1.29, 1.82) is 0 Å². The maximum absolute atomic E-state index is 12.7. The highest BCUT2D eigenvalue weighted by Gasteiger charge is 2.33. The molecule has 1 aliphatic heterocycles. The van der Waals surface area contributed by atoms with Crippen LogP contribution in [0.1, 0.15) is 44.4 Å². The number of benzene rings is 2. The zero-order chi connectivity index (χ0) is 22.2. The summed E-state index contributed by atoms with van der Waals surface area (Å²) in [6.45, 7) is 6.61. The minimum absolute atomic E-state index is 0.246. The molecule has 0 aliphatic carbocycles. The number of urea groups is 1. The number of hydrogen-bond donors (Lipinski definition) is 2. The number of rotatable bonds is 9. The Labute approximate surface area is 182 Å². The van der Waals surface area contributed by atoms with E-state index < -0.39 is 12.0 Å². The van der Waals surface area contributed by atoms with Crippen molar-refractivity contribution in [3.05, 3.63) is 70.9 Å². The van der Waals surface area contributed by atoms with Gasteiger partial charge in [-0.3, -0.25) is 0 Å². The topological polar surface area (TPSA) is 85.9 Å². The second kappa shape index (κ2) is 10.5. The molecule has 0 spiro atoms. The van der Waals surface area contributed by atoms with Gasteiger partial charge < -0.3 is 24.8 Å². The Morgan fingerprint density at radius 1 is 0.968 bits per heavy atom. The fourth-order valence-corrected chi connectivity index (χ4v) is 3.42. The van der Waals surface area contributed by atoms with Gasteiger partial charge in [0.05, 0.1) is 24.8 Å². The van der Waals surface area contributed by atoms with Crippen molar-refractivity contribution in [3.8, 4) is 11.5 Å². The summed E-state index contributed by atoms with van der Waals surface area (Å²) < 4.78 is 17.0. The zero-order valence-electron chi connectivity index (χ0n) is 18.1.